The lowest BCUT2D eigenvalue weighted by Gasteiger charge is -2.06. The van der Waals surface area contributed by atoms with Crippen LogP contribution in [0.3, 0.4) is 0 Å². The monoisotopic (exact) mass is 275 g/mol. The van der Waals surface area contributed by atoms with E-state index in [4.69, 9.17) is 0 Å². The number of ketones is 1. The highest BCUT2D eigenvalue weighted by molar-refractivity contribution is 6.02. The van der Waals surface area contributed by atoms with Gasteiger partial charge in [0.05, 0.1) is 19.5 Å². The van der Waals surface area contributed by atoms with Gasteiger partial charge in [0, 0.05) is 24.3 Å². The van der Waals surface area contributed by atoms with E-state index < -0.39 is 0 Å². The molecule has 6 nitrogen and oxygen atoms in total. The number of Topliss-reactive ketones (excluding diaryl/α,β-unsaturated/α-hetero) is 1. The van der Waals surface area contributed by atoms with Crippen LogP contribution in [0.1, 0.15) is 15.9 Å². The van der Waals surface area contributed by atoms with Gasteiger partial charge in [-0.05, 0) is 23.8 Å². The van der Waals surface area contributed by atoms with Gasteiger partial charge in [-0.2, -0.15) is 0 Å². The smallest absolute Gasteiger partial charge is 0.228 e. The zero-order chi connectivity index (χ0) is 14.4. The number of amides is 1. The van der Waals surface area contributed by atoms with E-state index in [-0.39, 0.29) is 18.2 Å². The zero-order valence-electron chi connectivity index (χ0n) is 11.1. The molecule has 0 fully saturated rings. The molecule has 20 heavy (non-hydrogen) atoms. The Morgan fingerprint density at radius 2 is 2.10 bits per heavy atom. The van der Waals surface area contributed by atoms with Gasteiger partial charge in [0.1, 0.15) is 6.29 Å². The SMILES string of the molecule is O=CCNCCNCC(=O)c1ccc2c(c1)CC(=O)N2. The first-order chi connectivity index (χ1) is 9.70. The standard InChI is InChI=1S/C14H17N3O3/c18-6-5-15-3-4-16-9-13(19)10-1-2-12-11(7-10)8-14(20)17-12/h1-2,6-7,15-16H,3-5,8-9H2,(H,17,20). The molecule has 2 rings (SSSR count). The molecule has 0 saturated carbocycles. The number of carbonyl (C=O) groups is 3. The van der Waals surface area contributed by atoms with Crippen molar-refractivity contribution in [2.75, 3.05) is 31.5 Å². The topological polar surface area (TPSA) is 87.3 Å². The van der Waals surface area contributed by atoms with E-state index in [1.54, 1.807) is 18.2 Å². The van der Waals surface area contributed by atoms with Crippen LogP contribution in [-0.2, 0) is 16.0 Å². The maximum Gasteiger partial charge on any atom is 0.228 e. The number of anilines is 1. The Labute approximate surface area is 116 Å². The Kier molecular flexibility index (Phi) is 4.97. The molecule has 0 aromatic heterocycles. The second-order valence-electron chi connectivity index (χ2n) is 4.57. The van der Waals surface area contributed by atoms with Crippen molar-refractivity contribution in [1.29, 1.82) is 0 Å². The van der Waals surface area contributed by atoms with E-state index in [9.17, 15) is 14.4 Å². The number of nitrogens with one attached hydrogen (secondary N) is 3. The van der Waals surface area contributed by atoms with Gasteiger partial charge in [-0.25, -0.2) is 0 Å². The van der Waals surface area contributed by atoms with Crippen LogP contribution in [0.2, 0.25) is 0 Å². The van der Waals surface area contributed by atoms with E-state index in [1.807, 2.05) is 0 Å². The van der Waals surface area contributed by atoms with Crippen molar-refractivity contribution in [3.05, 3.63) is 29.3 Å². The number of hydrogen-bond acceptors (Lipinski definition) is 5. The summed E-state index contributed by atoms with van der Waals surface area (Å²) < 4.78 is 0. The van der Waals surface area contributed by atoms with Crippen molar-refractivity contribution in [2.45, 2.75) is 6.42 Å². The fourth-order valence-corrected chi connectivity index (χ4v) is 2.04. The average molecular weight is 275 g/mol. The van der Waals surface area contributed by atoms with Gasteiger partial charge in [-0.1, -0.05) is 0 Å². The van der Waals surface area contributed by atoms with Gasteiger partial charge in [0.25, 0.3) is 0 Å². The lowest BCUT2D eigenvalue weighted by atomic mass is 10.1. The minimum absolute atomic E-state index is 0.0115. The fourth-order valence-electron chi connectivity index (χ4n) is 2.04. The molecule has 1 aromatic carbocycles. The van der Waals surface area contributed by atoms with Gasteiger partial charge in [-0.3, -0.25) is 9.59 Å². The van der Waals surface area contributed by atoms with Crippen LogP contribution in [-0.4, -0.2) is 44.2 Å². The van der Waals surface area contributed by atoms with Crippen LogP contribution >= 0.6 is 0 Å². The van der Waals surface area contributed by atoms with Gasteiger partial charge in [0.15, 0.2) is 5.78 Å². The van der Waals surface area contributed by atoms with E-state index in [2.05, 4.69) is 16.0 Å². The summed E-state index contributed by atoms with van der Waals surface area (Å²) >= 11 is 0. The maximum absolute atomic E-state index is 12.0. The Bertz CT molecular complexity index is 528. The minimum Gasteiger partial charge on any atom is -0.326 e. The summed E-state index contributed by atoms with van der Waals surface area (Å²) in [5.74, 6) is -0.0495. The molecule has 0 atom stereocenters. The molecule has 0 saturated heterocycles. The first-order valence-corrected chi connectivity index (χ1v) is 6.52. The largest absolute Gasteiger partial charge is 0.326 e. The molecule has 0 bridgehead atoms. The van der Waals surface area contributed by atoms with Crippen LogP contribution in [0.4, 0.5) is 5.69 Å². The highest BCUT2D eigenvalue weighted by Gasteiger charge is 2.18. The lowest BCUT2D eigenvalue weighted by molar-refractivity contribution is -0.115. The summed E-state index contributed by atoms with van der Waals surface area (Å²) in [6, 6.07) is 5.25. The number of rotatable bonds is 8. The highest BCUT2D eigenvalue weighted by atomic mass is 16.2. The molecule has 0 aliphatic carbocycles. The van der Waals surface area contributed by atoms with Crippen LogP contribution in [0.25, 0.3) is 0 Å². The maximum atomic E-state index is 12.0. The minimum atomic E-state index is -0.0380. The van der Waals surface area contributed by atoms with Crippen molar-refractivity contribution < 1.29 is 14.4 Å². The van der Waals surface area contributed by atoms with Crippen molar-refractivity contribution >= 4 is 23.7 Å². The lowest BCUT2D eigenvalue weighted by Crippen LogP contribution is -2.31. The predicted octanol–water partition coefficient (Wildman–Crippen LogP) is -0.258. The molecule has 1 aromatic rings. The number of aldehydes is 1. The molecule has 106 valence electrons. The van der Waals surface area contributed by atoms with Gasteiger partial charge in [-0.15, -0.1) is 0 Å². The predicted molar refractivity (Wildman–Crippen MR) is 74.9 cm³/mol. The Morgan fingerprint density at radius 3 is 2.90 bits per heavy atom. The third kappa shape index (κ3) is 3.72. The van der Waals surface area contributed by atoms with E-state index >= 15 is 0 Å². The summed E-state index contributed by atoms with van der Waals surface area (Å²) in [4.78, 5) is 33.3. The van der Waals surface area contributed by atoms with Crippen LogP contribution in [0, 0.1) is 0 Å². The van der Waals surface area contributed by atoms with Crippen LogP contribution in [0.15, 0.2) is 18.2 Å². The summed E-state index contributed by atoms with van der Waals surface area (Å²) in [6.45, 7) is 1.81. The first-order valence-electron chi connectivity index (χ1n) is 6.52. The molecule has 0 radical (unpaired) electrons. The van der Waals surface area contributed by atoms with Gasteiger partial charge in [0.2, 0.25) is 5.91 Å². The average Bonchev–Trinajstić information content (AvgIpc) is 2.81. The first kappa shape index (κ1) is 14.4. The molecule has 3 N–H and O–H groups in total. The van der Waals surface area contributed by atoms with E-state index in [0.29, 0.717) is 31.6 Å². The van der Waals surface area contributed by atoms with Crippen LogP contribution in [0.5, 0.6) is 0 Å². The molecule has 0 spiro atoms. The molecule has 0 unspecified atom stereocenters. The molecule has 1 heterocycles. The third-order valence-electron chi connectivity index (χ3n) is 3.04. The highest BCUT2D eigenvalue weighted by Crippen LogP contribution is 2.23. The summed E-state index contributed by atoms with van der Waals surface area (Å²) in [5, 5.41) is 8.64. The molecule has 6 heteroatoms. The van der Waals surface area contributed by atoms with E-state index in [0.717, 1.165) is 17.5 Å². The Hall–Kier alpha value is -2.05. The number of carbonyl (C=O) groups excluding carboxylic acids is 3. The Morgan fingerprint density at radius 1 is 1.30 bits per heavy atom. The summed E-state index contributed by atoms with van der Waals surface area (Å²) in [5.41, 5.74) is 2.26. The van der Waals surface area contributed by atoms with Crippen molar-refractivity contribution in [2.24, 2.45) is 0 Å². The zero-order valence-corrected chi connectivity index (χ0v) is 11.1. The van der Waals surface area contributed by atoms with Crippen molar-refractivity contribution in [3.63, 3.8) is 0 Å². The van der Waals surface area contributed by atoms with Crippen molar-refractivity contribution in [1.82, 2.24) is 10.6 Å². The number of fused-ring (bicyclic) bond motifs is 1. The van der Waals surface area contributed by atoms with E-state index in [1.165, 1.54) is 0 Å². The second kappa shape index (κ2) is 6.93. The van der Waals surface area contributed by atoms with Crippen LogP contribution < -0.4 is 16.0 Å². The quantitative estimate of drug-likeness (QED) is 0.346. The molecule has 1 aliphatic rings. The third-order valence-corrected chi connectivity index (χ3v) is 3.04. The Balaban J connectivity index is 1.80. The normalized spacial score (nSPS) is 12.9. The summed E-state index contributed by atoms with van der Waals surface area (Å²) in [7, 11) is 0. The van der Waals surface area contributed by atoms with Gasteiger partial charge >= 0.3 is 0 Å². The molecular weight excluding hydrogens is 258 g/mol. The fraction of sp³-hybridized carbons (Fsp3) is 0.357. The number of hydrogen-bond donors (Lipinski definition) is 3. The molecule has 1 aliphatic heterocycles. The van der Waals surface area contributed by atoms with Crippen molar-refractivity contribution in [3.8, 4) is 0 Å². The second-order valence-corrected chi connectivity index (χ2v) is 4.57. The number of benzene rings is 1. The molecule has 1 amide bonds. The molecular formula is C14H17N3O3. The summed E-state index contributed by atoms with van der Waals surface area (Å²) in [6.07, 6.45) is 1.13. The van der Waals surface area contributed by atoms with Gasteiger partial charge < -0.3 is 20.7 Å².